The molecule has 0 aliphatic carbocycles. The van der Waals surface area contributed by atoms with Gasteiger partial charge in [0.25, 0.3) is 6.43 Å². The van der Waals surface area contributed by atoms with Gasteiger partial charge in [0.05, 0.1) is 5.56 Å². The second kappa shape index (κ2) is 4.48. The van der Waals surface area contributed by atoms with Crippen LogP contribution in [0.25, 0.3) is 0 Å². The van der Waals surface area contributed by atoms with Crippen LogP contribution in [-0.4, -0.2) is 4.98 Å². The maximum Gasteiger partial charge on any atom is 0.436 e. The predicted molar refractivity (Wildman–Crippen MR) is 43.7 cm³/mol. The van der Waals surface area contributed by atoms with Crippen molar-refractivity contribution in [1.82, 2.24) is 4.98 Å². The molecule has 1 aromatic rings. The van der Waals surface area contributed by atoms with Crippen molar-refractivity contribution in [2.24, 2.45) is 0 Å². The van der Waals surface area contributed by atoms with E-state index in [2.05, 4.69) is 4.98 Å². The molecular formula is C8H4ClF6N. The van der Waals surface area contributed by atoms with E-state index in [0.29, 0.717) is 6.20 Å². The molecule has 0 spiro atoms. The van der Waals surface area contributed by atoms with Gasteiger partial charge in [-0.3, -0.25) is 0 Å². The standard InChI is InChI=1S/C8H4ClF6N/c9-1-3-2-16-6(8(13,14)15)5(10)4(3)7(11)12/h2,7H,1H2. The second-order valence-corrected chi connectivity index (χ2v) is 3.06. The molecule has 1 aromatic heterocycles. The molecule has 16 heavy (non-hydrogen) atoms. The van der Waals surface area contributed by atoms with Gasteiger partial charge in [-0.15, -0.1) is 11.6 Å². The summed E-state index contributed by atoms with van der Waals surface area (Å²) in [6.07, 6.45) is -7.99. The van der Waals surface area contributed by atoms with Crippen molar-refractivity contribution in [3.05, 3.63) is 28.8 Å². The molecule has 1 rings (SSSR count). The Morgan fingerprint density at radius 3 is 2.25 bits per heavy atom. The third-order valence-electron chi connectivity index (χ3n) is 1.77. The van der Waals surface area contributed by atoms with Gasteiger partial charge in [-0.1, -0.05) is 0 Å². The summed E-state index contributed by atoms with van der Waals surface area (Å²) < 4.78 is 74.3. The van der Waals surface area contributed by atoms with Crippen LogP contribution in [0.2, 0.25) is 0 Å². The van der Waals surface area contributed by atoms with Gasteiger partial charge in [-0.05, 0) is 5.56 Å². The Morgan fingerprint density at radius 2 is 1.88 bits per heavy atom. The molecule has 8 heteroatoms. The highest BCUT2D eigenvalue weighted by molar-refractivity contribution is 6.17. The van der Waals surface area contributed by atoms with E-state index in [1.807, 2.05) is 0 Å². The SMILES string of the molecule is Fc1c(C(F)(F)F)ncc(CCl)c1C(F)F. The minimum atomic E-state index is -5.11. The lowest BCUT2D eigenvalue weighted by atomic mass is 10.1. The third kappa shape index (κ3) is 2.40. The highest BCUT2D eigenvalue weighted by Crippen LogP contribution is 2.35. The van der Waals surface area contributed by atoms with Gasteiger partial charge in [0.2, 0.25) is 0 Å². The topological polar surface area (TPSA) is 12.9 Å². The number of aromatic nitrogens is 1. The van der Waals surface area contributed by atoms with Crippen LogP contribution in [0.3, 0.4) is 0 Å². The van der Waals surface area contributed by atoms with Gasteiger partial charge in [-0.25, -0.2) is 18.2 Å². The Kier molecular flexibility index (Phi) is 3.67. The predicted octanol–water partition coefficient (Wildman–Crippen LogP) is 3.92. The molecule has 0 aliphatic heterocycles. The lowest BCUT2D eigenvalue weighted by Gasteiger charge is -2.12. The van der Waals surface area contributed by atoms with Gasteiger partial charge < -0.3 is 0 Å². The summed E-state index contributed by atoms with van der Waals surface area (Å²) in [5.74, 6) is -2.61. The summed E-state index contributed by atoms with van der Waals surface area (Å²) >= 11 is 5.19. The molecule has 0 saturated carbocycles. The van der Waals surface area contributed by atoms with Gasteiger partial charge >= 0.3 is 6.18 Å². The molecule has 0 aliphatic rings. The van der Waals surface area contributed by atoms with E-state index in [4.69, 9.17) is 11.6 Å². The van der Waals surface area contributed by atoms with Crippen LogP contribution in [0.4, 0.5) is 26.3 Å². The van der Waals surface area contributed by atoms with Crippen LogP contribution in [0.1, 0.15) is 23.2 Å². The fourth-order valence-corrected chi connectivity index (χ4v) is 1.29. The molecule has 0 aromatic carbocycles. The highest BCUT2D eigenvalue weighted by atomic mass is 35.5. The molecule has 0 atom stereocenters. The van der Waals surface area contributed by atoms with Gasteiger partial charge in [0.15, 0.2) is 11.5 Å². The van der Waals surface area contributed by atoms with Crippen LogP contribution in [-0.2, 0) is 12.1 Å². The van der Waals surface area contributed by atoms with E-state index in [-0.39, 0.29) is 0 Å². The normalized spacial score (nSPS) is 12.2. The van der Waals surface area contributed by atoms with Gasteiger partial charge in [0.1, 0.15) is 0 Å². The van der Waals surface area contributed by atoms with Crippen LogP contribution in [0.5, 0.6) is 0 Å². The first kappa shape index (κ1) is 13.1. The average Bonchev–Trinajstić information content (AvgIpc) is 2.14. The van der Waals surface area contributed by atoms with Crippen molar-refractivity contribution < 1.29 is 26.3 Å². The number of pyridine rings is 1. The quantitative estimate of drug-likeness (QED) is 0.582. The number of hydrogen-bond donors (Lipinski definition) is 0. The van der Waals surface area contributed by atoms with E-state index in [0.717, 1.165) is 0 Å². The van der Waals surface area contributed by atoms with Crippen molar-refractivity contribution in [1.29, 1.82) is 0 Å². The Labute approximate surface area is 91.0 Å². The molecule has 1 heterocycles. The largest absolute Gasteiger partial charge is 0.436 e. The average molecular weight is 264 g/mol. The smallest absolute Gasteiger partial charge is 0.249 e. The third-order valence-corrected chi connectivity index (χ3v) is 2.06. The molecule has 0 N–H and O–H groups in total. The Hall–Kier alpha value is -0.980. The molecule has 1 nitrogen and oxygen atoms in total. The minimum Gasteiger partial charge on any atom is -0.249 e. The number of nitrogens with zero attached hydrogens (tertiary/aromatic N) is 1. The Balaban J connectivity index is 3.44. The van der Waals surface area contributed by atoms with Crippen LogP contribution in [0.15, 0.2) is 6.20 Å². The van der Waals surface area contributed by atoms with E-state index in [1.165, 1.54) is 0 Å². The first-order chi connectivity index (χ1) is 7.29. The minimum absolute atomic E-state index is 0.456. The van der Waals surface area contributed by atoms with Crippen molar-refractivity contribution in [3.8, 4) is 0 Å². The second-order valence-electron chi connectivity index (χ2n) is 2.79. The zero-order valence-corrected chi connectivity index (χ0v) is 8.21. The first-order valence-electron chi connectivity index (χ1n) is 3.87. The summed E-state index contributed by atoms with van der Waals surface area (Å²) in [6, 6.07) is 0. The molecule has 0 amide bonds. The molecule has 0 fully saturated rings. The van der Waals surface area contributed by atoms with E-state index in [1.54, 1.807) is 0 Å². The zero-order valence-electron chi connectivity index (χ0n) is 7.45. The maximum absolute atomic E-state index is 13.1. The van der Waals surface area contributed by atoms with Crippen molar-refractivity contribution >= 4 is 11.6 Å². The summed E-state index contributed by atoms with van der Waals surface area (Å²) in [6.45, 7) is 0. The summed E-state index contributed by atoms with van der Waals surface area (Å²) in [4.78, 5) is 2.75. The van der Waals surface area contributed by atoms with E-state index >= 15 is 0 Å². The van der Waals surface area contributed by atoms with Crippen LogP contribution in [0, 0.1) is 5.82 Å². The molecule has 0 radical (unpaired) electrons. The Bertz CT molecular complexity index is 389. The molecule has 0 unspecified atom stereocenters. The highest BCUT2D eigenvalue weighted by Gasteiger charge is 2.38. The molecule has 0 saturated heterocycles. The van der Waals surface area contributed by atoms with E-state index in [9.17, 15) is 26.3 Å². The summed E-state index contributed by atoms with van der Waals surface area (Å²) in [7, 11) is 0. The van der Waals surface area contributed by atoms with Crippen molar-refractivity contribution in [2.75, 3.05) is 0 Å². The van der Waals surface area contributed by atoms with Gasteiger partial charge in [-0.2, -0.15) is 13.2 Å². The fourth-order valence-electron chi connectivity index (χ4n) is 1.08. The lowest BCUT2D eigenvalue weighted by Crippen LogP contribution is -2.14. The van der Waals surface area contributed by atoms with Crippen LogP contribution < -0.4 is 0 Å². The van der Waals surface area contributed by atoms with E-state index < -0.39 is 41.1 Å². The first-order valence-corrected chi connectivity index (χ1v) is 4.41. The number of alkyl halides is 6. The molecule has 0 bridgehead atoms. The number of hydrogen-bond acceptors (Lipinski definition) is 1. The molecular weight excluding hydrogens is 260 g/mol. The van der Waals surface area contributed by atoms with Gasteiger partial charge in [0, 0.05) is 12.1 Å². The zero-order chi connectivity index (χ0) is 12.5. The lowest BCUT2D eigenvalue weighted by molar-refractivity contribution is -0.143. The van der Waals surface area contributed by atoms with Crippen molar-refractivity contribution in [3.63, 3.8) is 0 Å². The number of rotatable bonds is 2. The van der Waals surface area contributed by atoms with Crippen LogP contribution >= 0.6 is 11.6 Å². The monoisotopic (exact) mass is 263 g/mol. The summed E-state index contributed by atoms with van der Waals surface area (Å²) in [5, 5.41) is 0. The Morgan fingerprint density at radius 1 is 1.31 bits per heavy atom. The summed E-state index contributed by atoms with van der Waals surface area (Å²) in [5.41, 5.74) is -3.77. The fraction of sp³-hybridized carbons (Fsp3) is 0.375. The van der Waals surface area contributed by atoms with Crippen molar-refractivity contribution in [2.45, 2.75) is 18.5 Å². The maximum atomic E-state index is 13.1. The molecule has 90 valence electrons. The number of halogens is 7.